The first kappa shape index (κ1) is 26.9. The molecule has 2 aromatic carbocycles. The monoisotopic (exact) mass is 569 g/mol. The van der Waals surface area contributed by atoms with Crippen LogP contribution in [-0.4, -0.2) is 43.7 Å². The lowest BCUT2D eigenvalue weighted by Gasteiger charge is -2.28. The number of sulfone groups is 1. The van der Waals surface area contributed by atoms with Gasteiger partial charge in [-0.2, -0.15) is 31.3 Å². The molecule has 0 N–H and O–H groups in total. The Morgan fingerprint density at radius 1 is 1.00 bits per heavy atom. The summed E-state index contributed by atoms with van der Waals surface area (Å²) in [5, 5.41) is 1.90. The number of alkyl halides is 6. The van der Waals surface area contributed by atoms with Crippen LogP contribution in [0.3, 0.4) is 0 Å². The first-order chi connectivity index (χ1) is 17.1. The van der Waals surface area contributed by atoms with Gasteiger partial charge in [-0.3, -0.25) is 4.31 Å². The molecular formula is C21H17F6N3O5S2. The normalized spacial score (nSPS) is 18.2. The molecule has 2 heterocycles. The smallest absolute Gasteiger partial charge is 0.329 e. The van der Waals surface area contributed by atoms with E-state index >= 15 is 0 Å². The van der Waals surface area contributed by atoms with Crippen molar-refractivity contribution in [1.29, 1.82) is 0 Å². The van der Waals surface area contributed by atoms with E-state index in [1.807, 2.05) is 0 Å². The lowest BCUT2D eigenvalue weighted by Crippen LogP contribution is -2.39. The molecule has 16 heteroatoms. The standard InChI is InChI=1S/C21H17F6N3O5S2/c22-20(23,24)15-2-1-3-16(10-15)30(37(33,34)17-8-9-36(31,32)12-17)11-13-4-6-14(7-5-13)18-28-19(35-29-18)21(25,26)27/h1-7,10,17H,8-9,11-12H2. The van der Waals surface area contributed by atoms with Crippen LogP contribution in [-0.2, 0) is 38.8 Å². The summed E-state index contributed by atoms with van der Waals surface area (Å²) in [6.45, 7) is -0.472. The molecular weight excluding hydrogens is 552 g/mol. The molecule has 4 rings (SSSR count). The van der Waals surface area contributed by atoms with E-state index in [1.54, 1.807) is 0 Å². The third kappa shape index (κ3) is 5.89. The number of benzene rings is 2. The number of aromatic nitrogens is 2. The third-order valence-corrected chi connectivity index (χ3v) is 9.77. The summed E-state index contributed by atoms with van der Waals surface area (Å²) in [6.07, 6.45) is -9.82. The topological polar surface area (TPSA) is 110 Å². The number of halogens is 6. The van der Waals surface area contributed by atoms with E-state index in [0.717, 1.165) is 18.2 Å². The van der Waals surface area contributed by atoms with Crippen molar-refractivity contribution >= 4 is 25.5 Å². The zero-order valence-corrected chi connectivity index (χ0v) is 20.1. The van der Waals surface area contributed by atoms with Crippen molar-refractivity contribution in [3.05, 3.63) is 65.5 Å². The molecule has 1 saturated heterocycles. The largest absolute Gasteiger partial charge is 0.471 e. The van der Waals surface area contributed by atoms with E-state index < -0.39 is 61.2 Å². The Balaban J connectivity index is 1.68. The van der Waals surface area contributed by atoms with Gasteiger partial charge in [0.05, 0.1) is 34.6 Å². The molecule has 3 aromatic rings. The van der Waals surface area contributed by atoms with Crippen LogP contribution in [0.4, 0.5) is 32.0 Å². The molecule has 1 aromatic heterocycles. The Kier molecular flexibility index (Phi) is 6.77. The Hall–Kier alpha value is -3.14. The van der Waals surface area contributed by atoms with Crippen molar-refractivity contribution in [2.24, 2.45) is 0 Å². The van der Waals surface area contributed by atoms with Crippen LogP contribution in [0.25, 0.3) is 11.4 Å². The van der Waals surface area contributed by atoms with E-state index in [2.05, 4.69) is 14.7 Å². The van der Waals surface area contributed by atoms with Gasteiger partial charge < -0.3 is 4.52 Å². The van der Waals surface area contributed by atoms with Crippen molar-refractivity contribution < 1.29 is 47.7 Å². The maximum atomic E-state index is 13.4. The summed E-state index contributed by atoms with van der Waals surface area (Å²) >= 11 is 0. The Morgan fingerprint density at radius 3 is 2.22 bits per heavy atom. The van der Waals surface area contributed by atoms with Gasteiger partial charge in [-0.1, -0.05) is 35.5 Å². The zero-order valence-electron chi connectivity index (χ0n) is 18.5. The van der Waals surface area contributed by atoms with Crippen LogP contribution in [0.15, 0.2) is 53.1 Å². The Labute approximate surface area is 206 Å². The second-order valence-electron chi connectivity index (χ2n) is 8.24. The molecule has 0 saturated carbocycles. The number of sulfonamides is 1. The molecule has 0 amide bonds. The van der Waals surface area contributed by atoms with Crippen molar-refractivity contribution in [3.63, 3.8) is 0 Å². The quantitative estimate of drug-likeness (QED) is 0.407. The molecule has 8 nitrogen and oxygen atoms in total. The molecule has 200 valence electrons. The highest BCUT2D eigenvalue weighted by Gasteiger charge is 2.42. The molecule has 37 heavy (non-hydrogen) atoms. The highest BCUT2D eigenvalue weighted by Crippen LogP contribution is 2.35. The molecule has 0 radical (unpaired) electrons. The first-order valence-electron chi connectivity index (χ1n) is 10.5. The molecule has 0 aliphatic carbocycles. The summed E-state index contributed by atoms with van der Waals surface area (Å²) < 4.78 is 134. The number of anilines is 1. The van der Waals surface area contributed by atoms with Gasteiger partial charge in [0.2, 0.25) is 15.8 Å². The molecule has 1 aliphatic heterocycles. The molecule has 0 bridgehead atoms. The van der Waals surface area contributed by atoms with Gasteiger partial charge in [-0.05, 0) is 30.2 Å². The van der Waals surface area contributed by atoms with Crippen molar-refractivity contribution in [3.8, 4) is 11.4 Å². The second-order valence-corrected chi connectivity index (χ2v) is 12.6. The predicted molar refractivity (Wildman–Crippen MR) is 118 cm³/mol. The van der Waals surface area contributed by atoms with Crippen LogP contribution in [0.1, 0.15) is 23.4 Å². The SMILES string of the molecule is O=S1(=O)CCC(S(=O)(=O)N(Cc2ccc(-c3noc(C(F)(F)F)n3)cc2)c2cccc(C(F)(F)F)c2)C1. The van der Waals surface area contributed by atoms with Gasteiger partial charge in [0.15, 0.2) is 9.84 Å². The second kappa shape index (κ2) is 9.31. The van der Waals surface area contributed by atoms with Crippen molar-refractivity contribution in [1.82, 2.24) is 10.1 Å². The average molecular weight is 570 g/mol. The summed E-state index contributed by atoms with van der Waals surface area (Å²) in [4.78, 5) is 3.26. The summed E-state index contributed by atoms with van der Waals surface area (Å²) in [7, 11) is -8.07. The van der Waals surface area contributed by atoms with E-state index in [4.69, 9.17) is 0 Å². The number of rotatable bonds is 6. The first-order valence-corrected chi connectivity index (χ1v) is 13.8. The predicted octanol–water partition coefficient (Wildman–Crippen LogP) is 4.30. The van der Waals surface area contributed by atoms with Crippen molar-refractivity contribution in [2.45, 2.75) is 30.6 Å². The number of hydrogen-bond acceptors (Lipinski definition) is 7. The lowest BCUT2D eigenvalue weighted by molar-refractivity contribution is -0.159. The third-order valence-electron chi connectivity index (χ3n) is 5.59. The number of hydrogen-bond donors (Lipinski definition) is 0. The van der Waals surface area contributed by atoms with Crippen LogP contribution < -0.4 is 4.31 Å². The van der Waals surface area contributed by atoms with Crippen molar-refractivity contribution in [2.75, 3.05) is 15.8 Å². The summed E-state index contributed by atoms with van der Waals surface area (Å²) in [5.74, 6) is -2.97. The number of nitrogens with zero attached hydrogens (tertiary/aromatic N) is 3. The molecule has 0 spiro atoms. The molecule has 1 atom stereocenters. The summed E-state index contributed by atoms with van der Waals surface area (Å²) in [6, 6.07) is 8.85. The van der Waals surface area contributed by atoms with Crippen LogP contribution in [0, 0.1) is 0 Å². The molecule has 1 aliphatic rings. The highest BCUT2D eigenvalue weighted by molar-refractivity contribution is 7.97. The maximum absolute atomic E-state index is 13.4. The fourth-order valence-electron chi connectivity index (χ4n) is 3.72. The van der Waals surface area contributed by atoms with Gasteiger partial charge in [0, 0.05) is 5.56 Å². The van der Waals surface area contributed by atoms with Gasteiger partial charge in [-0.25, -0.2) is 16.8 Å². The highest BCUT2D eigenvalue weighted by atomic mass is 32.2. The molecule has 1 unspecified atom stereocenters. The van der Waals surface area contributed by atoms with Gasteiger partial charge in [0.1, 0.15) is 0 Å². The minimum absolute atomic E-state index is 0.110. The van der Waals surface area contributed by atoms with E-state index in [9.17, 15) is 43.2 Å². The summed E-state index contributed by atoms with van der Waals surface area (Å²) in [5.41, 5.74) is -1.06. The van der Waals surface area contributed by atoms with E-state index in [0.29, 0.717) is 10.4 Å². The fraction of sp³-hybridized carbons (Fsp3) is 0.333. The Bertz CT molecular complexity index is 1500. The lowest BCUT2D eigenvalue weighted by atomic mass is 10.1. The minimum atomic E-state index is -4.85. The van der Waals surface area contributed by atoms with Gasteiger partial charge in [-0.15, -0.1) is 0 Å². The molecule has 1 fully saturated rings. The maximum Gasteiger partial charge on any atom is 0.471 e. The van der Waals surface area contributed by atoms with E-state index in [-0.39, 0.29) is 34.8 Å². The van der Waals surface area contributed by atoms with Crippen LogP contribution >= 0.6 is 0 Å². The van der Waals surface area contributed by atoms with Crippen LogP contribution in [0.5, 0.6) is 0 Å². The fourth-order valence-corrected chi connectivity index (χ4v) is 8.24. The average Bonchev–Trinajstić information content (AvgIpc) is 3.44. The van der Waals surface area contributed by atoms with Gasteiger partial charge >= 0.3 is 18.2 Å². The van der Waals surface area contributed by atoms with Gasteiger partial charge in [0.25, 0.3) is 0 Å². The minimum Gasteiger partial charge on any atom is -0.329 e. The van der Waals surface area contributed by atoms with E-state index in [1.165, 1.54) is 24.3 Å². The van der Waals surface area contributed by atoms with Crippen LogP contribution in [0.2, 0.25) is 0 Å². The zero-order chi connectivity index (χ0) is 27.2. The Morgan fingerprint density at radius 2 is 1.68 bits per heavy atom.